The van der Waals surface area contributed by atoms with E-state index < -0.39 is 6.10 Å². The minimum absolute atomic E-state index is 0.0699. The molecule has 400 valence electrons. The summed E-state index contributed by atoms with van der Waals surface area (Å²) < 4.78 is 16.9. The van der Waals surface area contributed by atoms with Crippen molar-refractivity contribution in [1.82, 2.24) is 0 Å². The van der Waals surface area contributed by atoms with Crippen LogP contribution in [0.25, 0.3) is 0 Å². The van der Waals surface area contributed by atoms with Crippen LogP contribution in [0.3, 0.4) is 0 Å². The van der Waals surface area contributed by atoms with E-state index in [1.54, 1.807) is 0 Å². The lowest BCUT2D eigenvalue weighted by molar-refractivity contribution is -0.167. The molecule has 0 saturated carbocycles. The summed E-state index contributed by atoms with van der Waals surface area (Å²) in [4.78, 5) is 38.2. The maximum atomic E-state index is 12.9. The SMILES string of the molecule is CCCC/C=C\C/C=C\CCCCCCCC(=O)OCC(COC(=O)CCCCCCCCCCCCCCCCCCCCCCC)OC(=O)CCCCCCCCCCCCCCCCC. The second-order valence-corrected chi connectivity index (χ2v) is 20.6. The van der Waals surface area contributed by atoms with E-state index in [1.165, 1.54) is 218 Å². The number of carbonyl (C=O) groups excluding carboxylic acids is 3. The number of esters is 3. The van der Waals surface area contributed by atoms with Crippen LogP contribution in [0.4, 0.5) is 0 Å². The fourth-order valence-corrected chi connectivity index (χ4v) is 9.11. The molecule has 0 spiro atoms. The first-order chi connectivity index (χ1) is 33.5. The Morgan fingerprint density at radius 1 is 0.294 bits per heavy atom. The second kappa shape index (κ2) is 57.5. The second-order valence-electron chi connectivity index (χ2n) is 20.6. The van der Waals surface area contributed by atoms with Crippen molar-refractivity contribution in [2.75, 3.05) is 13.2 Å². The maximum Gasteiger partial charge on any atom is 0.306 e. The fraction of sp³-hybridized carbons (Fsp3) is 0.887. The van der Waals surface area contributed by atoms with Crippen LogP contribution in [0.2, 0.25) is 0 Å². The van der Waals surface area contributed by atoms with Crippen LogP contribution < -0.4 is 0 Å². The van der Waals surface area contributed by atoms with Crippen molar-refractivity contribution in [1.29, 1.82) is 0 Å². The Morgan fingerprint density at radius 3 is 0.853 bits per heavy atom. The zero-order chi connectivity index (χ0) is 49.3. The quantitative estimate of drug-likeness (QED) is 0.0262. The molecule has 1 atom stereocenters. The number of rotatable bonds is 56. The molecule has 0 aromatic carbocycles. The van der Waals surface area contributed by atoms with Crippen molar-refractivity contribution in [3.63, 3.8) is 0 Å². The van der Waals surface area contributed by atoms with Crippen LogP contribution >= 0.6 is 0 Å². The summed E-state index contributed by atoms with van der Waals surface area (Å²) in [6.07, 6.45) is 67.5. The van der Waals surface area contributed by atoms with Gasteiger partial charge in [-0.3, -0.25) is 14.4 Å². The third-order valence-electron chi connectivity index (χ3n) is 13.7. The van der Waals surface area contributed by atoms with Gasteiger partial charge in [-0.15, -0.1) is 0 Å². The molecule has 0 aromatic heterocycles. The number of allylic oxidation sites excluding steroid dienone is 4. The molecule has 6 heteroatoms. The highest BCUT2D eigenvalue weighted by atomic mass is 16.6. The average molecular weight is 958 g/mol. The Balaban J connectivity index is 4.28. The Bertz CT molecular complexity index is 1100. The molecule has 1 unspecified atom stereocenters. The molecule has 0 amide bonds. The molecule has 0 bridgehead atoms. The molecular weight excluding hydrogens is 841 g/mol. The number of hydrogen-bond donors (Lipinski definition) is 0. The first-order valence-electron chi connectivity index (χ1n) is 30.3. The summed E-state index contributed by atoms with van der Waals surface area (Å²) in [5.41, 5.74) is 0. The van der Waals surface area contributed by atoms with Crippen molar-refractivity contribution in [3.8, 4) is 0 Å². The van der Waals surface area contributed by atoms with E-state index in [2.05, 4.69) is 45.1 Å². The largest absolute Gasteiger partial charge is 0.462 e. The van der Waals surface area contributed by atoms with Gasteiger partial charge in [0, 0.05) is 19.3 Å². The van der Waals surface area contributed by atoms with E-state index in [1.807, 2.05) is 0 Å². The number of unbranched alkanes of at least 4 members (excludes halogenated alkanes) is 41. The third kappa shape index (κ3) is 54.8. The standard InChI is InChI=1S/C62H116O6/c1-4-7-10-13-16-19-22-25-28-29-30-31-32-33-35-37-40-43-46-49-52-55-61(64)67-58-59(57-66-60(63)54-51-48-45-42-39-36-27-24-21-18-15-12-9-6-3)68-62(65)56-53-50-47-44-41-38-34-26-23-20-17-14-11-8-5-2/h15,18,24,27,59H,4-14,16-17,19-23,25-26,28-58H2,1-3H3/b18-15-,27-24-. The normalized spacial score (nSPS) is 12.1. The van der Waals surface area contributed by atoms with Crippen LogP contribution in [-0.2, 0) is 28.6 Å². The molecule has 0 N–H and O–H groups in total. The van der Waals surface area contributed by atoms with Crippen molar-refractivity contribution in [3.05, 3.63) is 24.3 Å². The highest BCUT2D eigenvalue weighted by Gasteiger charge is 2.19. The number of carbonyl (C=O) groups is 3. The van der Waals surface area contributed by atoms with Crippen molar-refractivity contribution in [2.45, 2.75) is 341 Å². The Morgan fingerprint density at radius 2 is 0.544 bits per heavy atom. The van der Waals surface area contributed by atoms with E-state index in [9.17, 15) is 14.4 Å². The van der Waals surface area contributed by atoms with Crippen LogP contribution in [0.15, 0.2) is 24.3 Å². The van der Waals surface area contributed by atoms with Gasteiger partial charge in [0.15, 0.2) is 6.10 Å². The number of hydrogen-bond acceptors (Lipinski definition) is 6. The lowest BCUT2D eigenvalue weighted by atomic mass is 10.0. The van der Waals surface area contributed by atoms with Gasteiger partial charge in [0.05, 0.1) is 0 Å². The third-order valence-corrected chi connectivity index (χ3v) is 13.7. The average Bonchev–Trinajstić information content (AvgIpc) is 3.34. The zero-order valence-corrected chi connectivity index (χ0v) is 45.9. The van der Waals surface area contributed by atoms with Crippen LogP contribution in [0.5, 0.6) is 0 Å². The molecular formula is C62H116O6. The highest BCUT2D eigenvalue weighted by Crippen LogP contribution is 2.18. The van der Waals surface area contributed by atoms with E-state index >= 15 is 0 Å². The van der Waals surface area contributed by atoms with Crippen LogP contribution in [0.1, 0.15) is 335 Å². The molecule has 0 saturated heterocycles. The van der Waals surface area contributed by atoms with E-state index in [4.69, 9.17) is 14.2 Å². The summed E-state index contributed by atoms with van der Waals surface area (Å²) in [6.45, 7) is 6.65. The molecule has 0 aliphatic rings. The summed E-state index contributed by atoms with van der Waals surface area (Å²) >= 11 is 0. The topological polar surface area (TPSA) is 78.9 Å². The van der Waals surface area contributed by atoms with Gasteiger partial charge in [0.1, 0.15) is 13.2 Å². The maximum absolute atomic E-state index is 12.9. The van der Waals surface area contributed by atoms with Crippen LogP contribution in [0, 0.1) is 0 Å². The predicted molar refractivity (Wildman–Crippen MR) is 293 cm³/mol. The van der Waals surface area contributed by atoms with Gasteiger partial charge in [-0.1, -0.05) is 295 Å². The molecule has 0 aliphatic carbocycles. The lowest BCUT2D eigenvalue weighted by Gasteiger charge is -2.18. The van der Waals surface area contributed by atoms with E-state index in [-0.39, 0.29) is 31.1 Å². The van der Waals surface area contributed by atoms with Gasteiger partial charge in [0.2, 0.25) is 0 Å². The minimum atomic E-state index is -0.772. The zero-order valence-electron chi connectivity index (χ0n) is 45.9. The molecule has 0 fully saturated rings. The fourth-order valence-electron chi connectivity index (χ4n) is 9.11. The molecule has 0 aliphatic heterocycles. The Labute approximate surface area is 423 Å². The predicted octanol–water partition coefficient (Wildman–Crippen LogP) is 20.3. The molecule has 0 aromatic rings. The Hall–Kier alpha value is -2.11. The molecule has 0 radical (unpaired) electrons. The van der Waals surface area contributed by atoms with Crippen LogP contribution in [-0.4, -0.2) is 37.2 Å². The van der Waals surface area contributed by atoms with E-state index in [0.717, 1.165) is 77.0 Å². The highest BCUT2D eigenvalue weighted by molar-refractivity contribution is 5.71. The summed E-state index contributed by atoms with van der Waals surface area (Å²) in [7, 11) is 0. The van der Waals surface area contributed by atoms with E-state index in [0.29, 0.717) is 19.3 Å². The first-order valence-corrected chi connectivity index (χ1v) is 30.3. The summed E-state index contributed by atoms with van der Waals surface area (Å²) in [5, 5.41) is 0. The molecule has 0 heterocycles. The van der Waals surface area contributed by atoms with Crippen molar-refractivity contribution < 1.29 is 28.6 Å². The number of ether oxygens (including phenoxy) is 3. The lowest BCUT2D eigenvalue weighted by Crippen LogP contribution is -2.30. The first kappa shape index (κ1) is 65.9. The van der Waals surface area contributed by atoms with Gasteiger partial charge in [-0.05, 0) is 44.9 Å². The van der Waals surface area contributed by atoms with Crippen molar-refractivity contribution >= 4 is 17.9 Å². The smallest absolute Gasteiger partial charge is 0.306 e. The van der Waals surface area contributed by atoms with Gasteiger partial charge in [0.25, 0.3) is 0 Å². The molecule has 6 nitrogen and oxygen atoms in total. The Kier molecular flexibility index (Phi) is 55.7. The van der Waals surface area contributed by atoms with Crippen molar-refractivity contribution in [2.24, 2.45) is 0 Å². The minimum Gasteiger partial charge on any atom is -0.462 e. The molecule has 68 heavy (non-hydrogen) atoms. The summed E-state index contributed by atoms with van der Waals surface area (Å²) in [6, 6.07) is 0. The van der Waals surface area contributed by atoms with Gasteiger partial charge in [-0.25, -0.2) is 0 Å². The van der Waals surface area contributed by atoms with Gasteiger partial charge in [-0.2, -0.15) is 0 Å². The summed E-state index contributed by atoms with van der Waals surface area (Å²) in [5.74, 6) is -0.860. The van der Waals surface area contributed by atoms with Gasteiger partial charge >= 0.3 is 17.9 Å². The van der Waals surface area contributed by atoms with Gasteiger partial charge < -0.3 is 14.2 Å². The monoisotopic (exact) mass is 957 g/mol. The molecule has 0 rings (SSSR count).